The molecule has 3 rings (SSSR count). The fourth-order valence-electron chi connectivity index (χ4n) is 2.65. The molecule has 5 heteroatoms. The van der Waals surface area contributed by atoms with Gasteiger partial charge >= 0.3 is 0 Å². The number of ether oxygens (including phenoxy) is 1. The highest BCUT2D eigenvalue weighted by molar-refractivity contribution is 8.03. The second kappa shape index (κ2) is 13.0. The van der Waals surface area contributed by atoms with Gasteiger partial charge in [0.2, 0.25) is 0 Å². The summed E-state index contributed by atoms with van der Waals surface area (Å²) in [5.74, 6) is 1.62. The van der Waals surface area contributed by atoms with Gasteiger partial charge in [0.25, 0.3) is 0 Å². The molecule has 0 aromatic heterocycles. The van der Waals surface area contributed by atoms with Crippen molar-refractivity contribution in [1.29, 1.82) is 0 Å². The van der Waals surface area contributed by atoms with Crippen LogP contribution in [0.3, 0.4) is 0 Å². The molecule has 0 aliphatic heterocycles. The number of carbonyl (C=O) groups is 1. The Labute approximate surface area is 182 Å². The summed E-state index contributed by atoms with van der Waals surface area (Å²) in [5, 5.41) is 3.02. The van der Waals surface area contributed by atoms with Gasteiger partial charge in [0, 0.05) is 18.4 Å². The Hall–Kier alpha value is -3.31. The van der Waals surface area contributed by atoms with E-state index in [1.807, 2.05) is 92.0 Å². The minimum Gasteiger partial charge on any atom is -0.495 e. The zero-order valence-electron chi connectivity index (χ0n) is 17.2. The Kier molecular flexibility index (Phi) is 9.97. The fraction of sp³-hybridized carbons (Fsp3) is 0.120. The van der Waals surface area contributed by atoms with Crippen LogP contribution in [0, 0.1) is 0 Å². The molecule has 0 spiro atoms. The quantitative estimate of drug-likeness (QED) is 0.280. The van der Waals surface area contributed by atoms with Crippen LogP contribution in [0.2, 0.25) is 0 Å². The number of methoxy groups -OCH3 is 1. The third kappa shape index (κ3) is 6.94. The van der Waals surface area contributed by atoms with Gasteiger partial charge in [0.15, 0.2) is 6.29 Å². The molecule has 1 N–H and O–H groups in total. The summed E-state index contributed by atoms with van der Waals surface area (Å²) < 4.78 is 5.07. The Bertz CT molecular complexity index is 934. The Morgan fingerprint density at radius 1 is 1.00 bits per heavy atom. The first-order chi connectivity index (χ1) is 14.7. The first kappa shape index (κ1) is 23.0. The van der Waals surface area contributed by atoms with E-state index >= 15 is 0 Å². The van der Waals surface area contributed by atoms with E-state index in [2.05, 4.69) is 17.0 Å². The van der Waals surface area contributed by atoms with Crippen molar-refractivity contribution in [2.75, 3.05) is 19.5 Å². The average Bonchev–Trinajstić information content (AvgIpc) is 2.83. The number of nitrogens with one attached hydrogen (secondary N) is 1. The molecule has 0 aliphatic carbocycles. The topological polar surface area (TPSA) is 50.7 Å². The van der Waals surface area contributed by atoms with Crippen LogP contribution in [-0.4, -0.2) is 27.2 Å². The van der Waals surface area contributed by atoms with E-state index in [9.17, 15) is 4.79 Å². The molecule has 0 amide bonds. The van der Waals surface area contributed by atoms with E-state index < -0.39 is 0 Å². The van der Waals surface area contributed by atoms with Gasteiger partial charge < -0.3 is 10.1 Å². The highest BCUT2D eigenvalue weighted by Crippen LogP contribution is 2.28. The summed E-state index contributed by atoms with van der Waals surface area (Å²) in [7, 11) is 3.54. The normalized spacial score (nSPS) is 10.7. The standard InChI is InChI=1S/C17H15NOS.C8H11NO/c1-18-17(15-10-6-3-7-11-15)16(12-19)20-13-14-8-4-2-5-9-14;1-9-7-5-3-4-6-8(7)10-2/h2-12H,1,13H2;3-6,9H,1-2H3/b17-16-;. The Morgan fingerprint density at radius 2 is 1.60 bits per heavy atom. The lowest BCUT2D eigenvalue weighted by atomic mass is 10.1. The third-order valence-electron chi connectivity index (χ3n) is 4.16. The summed E-state index contributed by atoms with van der Waals surface area (Å²) in [6.45, 7) is 3.58. The van der Waals surface area contributed by atoms with E-state index in [1.54, 1.807) is 7.11 Å². The summed E-state index contributed by atoms with van der Waals surface area (Å²) in [4.78, 5) is 16.0. The second-order valence-electron chi connectivity index (χ2n) is 6.08. The fourth-order valence-corrected chi connectivity index (χ4v) is 3.55. The van der Waals surface area contributed by atoms with Gasteiger partial charge in [0.1, 0.15) is 5.75 Å². The molecule has 0 saturated carbocycles. The Balaban J connectivity index is 0.000000269. The minimum atomic E-state index is 0.607. The largest absolute Gasteiger partial charge is 0.495 e. The number of nitrogens with zero attached hydrogens (tertiary/aromatic N) is 1. The molecule has 0 radical (unpaired) electrons. The van der Waals surface area contributed by atoms with Crippen LogP contribution in [0.5, 0.6) is 5.75 Å². The number of carbonyl (C=O) groups excluding carboxylic acids is 1. The molecule has 30 heavy (non-hydrogen) atoms. The number of hydrogen-bond acceptors (Lipinski definition) is 5. The molecule has 3 aromatic carbocycles. The van der Waals surface area contributed by atoms with E-state index in [4.69, 9.17) is 4.74 Å². The maximum Gasteiger partial charge on any atom is 0.158 e. The number of rotatable bonds is 8. The lowest BCUT2D eigenvalue weighted by Crippen LogP contribution is -1.91. The maximum absolute atomic E-state index is 11.3. The predicted octanol–water partition coefficient (Wildman–Crippen LogP) is 5.93. The zero-order chi connectivity index (χ0) is 21.6. The van der Waals surface area contributed by atoms with Crippen molar-refractivity contribution in [2.24, 2.45) is 4.99 Å². The molecule has 0 saturated heterocycles. The number of aliphatic imine (C=N–C) groups is 1. The van der Waals surface area contributed by atoms with Crippen LogP contribution in [-0.2, 0) is 10.5 Å². The van der Waals surface area contributed by atoms with Gasteiger partial charge in [-0.3, -0.25) is 9.79 Å². The van der Waals surface area contributed by atoms with Crippen LogP contribution >= 0.6 is 11.8 Å². The number of benzene rings is 3. The van der Waals surface area contributed by atoms with Gasteiger partial charge in [0.05, 0.1) is 23.4 Å². The molecule has 0 unspecified atom stereocenters. The minimum absolute atomic E-state index is 0.607. The molecule has 4 nitrogen and oxygen atoms in total. The predicted molar refractivity (Wildman–Crippen MR) is 129 cm³/mol. The van der Waals surface area contributed by atoms with Crippen molar-refractivity contribution in [2.45, 2.75) is 5.75 Å². The number of hydrogen-bond donors (Lipinski definition) is 1. The zero-order valence-corrected chi connectivity index (χ0v) is 18.1. The van der Waals surface area contributed by atoms with Gasteiger partial charge in [-0.25, -0.2) is 0 Å². The molecule has 0 atom stereocenters. The number of thioether (sulfide) groups is 1. The first-order valence-corrected chi connectivity index (χ1v) is 10.4. The van der Waals surface area contributed by atoms with E-state index in [-0.39, 0.29) is 0 Å². The second-order valence-corrected chi connectivity index (χ2v) is 7.10. The van der Waals surface area contributed by atoms with Crippen LogP contribution < -0.4 is 10.1 Å². The molecular weight excluding hydrogens is 392 g/mol. The van der Waals surface area contributed by atoms with E-state index in [0.717, 1.165) is 29.0 Å². The summed E-state index contributed by atoms with van der Waals surface area (Å²) in [6.07, 6.45) is 0.852. The summed E-state index contributed by atoms with van der Waals surface area (Å²) in [6, 6.07) is 27.5. The van der Waals surface area contributed by atoms with Gasteiger partial charge in [-0.15, -0.1) is 11.8 Å². The highest BCUT2D eigenvalue weighted by Gasteiger charge is 2.08. The number of para-hydroxylation sites is 2. The van der Waals surface area contributed by atoms with Crippen molar-refractivity contribution in [3.05, 3.63) is 101 Å². The van der Waals surface area contributed by atoms with Crippen molar-refractivity contribution in [3.63, 3.8) is 0 Å². The smallest absolute Gasteiger partial charge is 0.158 e. The van der Waals surface area contributed by atoms with Gasteiger partial charge in [-0.05, 0) is 24.4 Å². The van der Waals surface area contributed by atoms with Gasteiger partial charge in [-0.2, -0.15) is 0 Å². The summed E-state index contributed by atoms with van der Waals surface area (Å²) in [5.41, 5.74) is 3.74. The average molecular weight is 419 g/mol. The Morgan fingerprint density at radius 3 is 2.13 bits per heavy atom. The van der Waals surface area contributed by atoms with Crippen LogP contribution in [0.15, 0.2) is 94.8 Å². The van der Waals surface area contributed by atoms with Crippen LogP contribution in [0.1, 0.15) is 11.1 Å². The first-order valence-electron chi connectivity index (χ1n) is 9.42. The maximum atomic E-state index is 11.3. The van der Waals surface area contributed by atoms with Gasteiger partial charge in [-0.1, -0.05) is 72.8 Å². The third-order valence-corrected chi connectivity index (χ3v) is 5.24. The number of allylic oxidation sites excluding steroid dienone is 1. The van der Waals surface area contributed by atoms with Crippen molar-refractivity contribution >= 4 is 36.1 Å². The van der Waals surface area contributed by atoms with Crippen molar-refractivity contribution < 1.29 is 9.53 Å². The number of anilines is 1. The van der Waals surface area contributed by atoms with E-state index in [0.29, 0.717) is 10.6 Å². The molecule has 0 fully saturated rings. The summed E-state index contributed by atoms with van der Waals surface area (Å²) >= 11 is 1.48. The van der Waals surface area contributed by atoms with Crippen molar-refractivity contribution in [3.8, 4) is 5.75 Å². The van der Waals surface area contributed by atoms with E-state index in [1.165, 1.54) is 17.3 Å². The highest BCUT2D eigenvalue weighted by atomic mass is 32.2. The molecule has 3 aromatic rings. The van der Waals surface area contributed by atoms with Crippen molar-refractivity contribution in [1.82, 2.24) is 0 Å². The van der Waals surface area contributed by atoms with Crippen LogP contribution in [0.4, 0.5) is 5.69 Å². The lowest BCUT2D eigenvalue weighted by Gasteiger charge is -2.07. The molecule has 154 valence electrons. The molecular formula is C25H26N2O2S. The molecule has 0 heterocycles. The van der Waals surface area contributed by atoms with Crippen LogP contribution in [0.25, 0.3) is 5.70 Å². The SMILES string of the molecule is C=N/C(=C(/C=O)SCc1ccccc1)c1ccccc1.CNc1ccccc1OC. The lowest BCUT2D eigenvalue weighted by molar-refractivity contribution is -0.104. The monoisotopic (exact) mass is 418 g/mol. The molecule has 0 bridgehead atoms. The molecule has 0 aliphatic rings. The number of aldehydes is 1.